The van der Waals surface area contributed by atoms with Crippen molar-refractivity contribution >= 4 is 28.9 Å². The molecular formula is C19H23N3O2S. The molecule has 0 saturated carbocycles. The standard InChI is InChI=1S/C19H23N3O2S/c1-18(2,3)12-7-11(8-13(15(12)23)19(4,5)6)9-14-16(24)22-17(25-14)21-10-20/h7-9,23H,1-6H3,(H,21,22,24)/b14-9+. The maximum Gasteiger partial charge on any atom is 0.264 e. The Balaban J connectivity index is 2.60. The third-order valence-electron chi connectivity index (χ3n) is 3.85. The highest BCUT2D eigenvalue weighted by atomic mass is 32.2. The van der Waals surface area contributed by atoms with E-state index < -0.39 is 0 Å². The number of thioether (sulfide) groups is 1. The number of aromatic hydroxyl groups is 1. The van der Waals surface area contributed by atoms with Crippen molar-refractivity contribution in [3.63, 3.8) is 0 Å². The van der Waals surface area contributed by atoms with Crippen molar-refractivity contribution in [2.24, 2.45) is 4.99 Å². The van der Waals surface area contributed by atoms with Crippen molar-refractivity contribution in [3.05, 3.63) is 33.7 Å². The van der Waals surface area contributed by atoms with Crippen LogP contribution < -0.4 is 5.32 Å². The van der Waals surface area contributed by atoms with Crippen LogP contribution in [0.15, 0.2) is 22.0 Å². The lowest BCUT2D eigenvalue weighted by molar-refractivity contribution is -0.115. The Labute approximate surface area is 152 Å². The van der Waals surface area contributed by atoms with Crippen molar-refractivity contribution in [2.75, 3.05) is 0 Å². The van der Waals surface area contributed by atoms with Crippen molar-refractivity contribution in [1.29, 1.82) is 5.26 Å². The second-order valence-electron chi connectivity index (χ2n) is 8.05. The van der Waals surface area contributed by atoms with Crippen LogP contribution in [0.2, 0.25) is 0 Å². The van der Waals surface area contributed by atoms with Gasteiger partial charge in [-0.15, -0.1) is 4.99 Å². The Morgan fingerprint density at radius 3 is 2.12 bits per heavy atom. The van der Waals surface area contributed by atoms with E-state index in [0.717, 1.165) is 28.5 Å². The Bertz CT molecular complexity index is 784. The molecule has 1 aromatic carbocycles. The fourth-order valence-electron chi connectivity index (χ4n) is 2.56. The molecule has 1 amide bonds. The van der Waals surface area contributed by atoms with E-state index in [1.54, 1.807) is 12.3 Å². The summed E-state index contributed by atoms with van der Waals surface area (Å²) < 4.78 is 0. The van der Waals surface area contributed by atoms with Gasteiger partial charge in [0, 0.05) is 11.1 Å². The molecule has 0 aliphatic carbocycles. The van der Waals surface area contributed by atoms with E-state index in [1.165, 1.54) is 0 Å². The second kappa shape index (κ2) is 6.57. The number of carbonyl (C=O) groups is 1. The topological polar surface area (TPSA) is 85.5 Å². The van der Waals surface area contributed by atoms with Gasteiger partial charge in [0.25, 0.3) is 5.91 Å². The van der Waals surface area contributed by atoms with Gasteiger partial charge in [0.1, 0.15) is 5.75 Å². The molecule has 132 valence electrons. The van der Waals surface area contributed by atoms with Crippen LogP contribution in [0.5, 0.6) is 5.75 Å². The monoisotopic (exact) mass is 357 g/mol. The molecule has 1 heterocycles. The number of aliphatic imine (C=N–C) groups is 1. The van der Waals surface area contributed by atoms with Crippen molar-refractivity contribution < 1.29 is 9.90 Å². The van der Waals surface area contributed by atoms with E-state index in [4.69, 9.17) is 5.26 Å². The Morgan fingerprint density at radius 2 is 1.68 bits per heavy atom. The highest BCUT2D eigenvalue weighted by Gasteiger charge is 2.28. The summed E-state index contributed by atoms with van der Waals surface area (Å²) >= 11 is 1.13. The van der Waals surface area contributed by atoms with Crippen molar-refractivity contribution in [2.45, 2.75) is 52.4 Å². The zero-order chi connectivity index (χ0) is 19.0. The van der Waals surface area contributed by atoms with Crippen LogP contribution in [0.4, 0.5) is 0 Å². The molecule has 0 aromatic heterocycles. The predicted molar refractivity (Wildman–Crippen MR) is 102 cm³/mol. The highest BCUT2D eigenvalue weighted by Crippen LogP contribution is 2.40. The third-order valence-corrected chi connectivity index (χ3v) is 4.76. The molecule has 1 aliphatic rings. The molecule has 1 saturated heterocycles. The summed E-state index contributed by atoms with van der Waals surface area (Å²) in [5, 5.41) is 22.2. The minimum atomic E-state index is -0.276. The lowest BCUT2D eigenvalue weighted by Gasteiger charge is -2.28. The fraction of sp³-hybridized carbons (Fsp3) is 0.421. The lowest BCUT2D eigenvalue weighted by atomic mass is 9.78. The number of amidine groups is 1. The molecule has 0 atom stereocenters. The fourth-order valence-corrected chi connectivity index (χ4v) is 3.34. The summed E-state index contributed by atoms with van der Waals surface area (Å²) in [5.41, 5.74) is 2.03. The number of nitrogens with zero attached hydrogens (tertiary/aromatic N) is 2. The molecule has 2 N–H and O–H groups in total. The quantitative estimate of drug-likeness (QED) is 0.587. The van der Waals surface area contributed by atoms with Crippen LogP contribution in [-0.4, -0.2) is 16.2 Å². The predicted octanol–water partition coefficient (Wildman–Crippen LogP) is 4.03. The summed E-state index contributed by atoms with van der Waals surface area (Å²) in [7, 11) is 0. The number of amides is 1. The Hall–Kier alpha value is -2.26. The van der Waals surface area contributed by atoms with Crippen molar-refractivity contribution in [3.8, 4) is 11.9 Å². The first kappa shape index (κ1) is 19.1. The molecule has 1 fully saturated rings. The van der Waals surface area contributed by atoms with Crippen molar-refractivity contribution in [1.82, 2.24) is 5.32 Å². The highest BCUT2D eigenvalue weighted by molar-refractivity contribution is 8.18. The zero-order valence-electron chi connectivity index (χ0n) is 15.4. The SMILES string of the molecule is CC(C)(C)c1cc(/C=C2/SC(=NC#N)NC2=O)cc(C(C)(C)C)c1O. The number of phenols is 1. The van der Waals surface area contributed by atoms with Crippen LogP contribution in [0.3, 0.4) is 0 Å². The van der Waals surface area contributed by atoms with Gasteiger partial charge in [-0.1, -0.05) is 41.5 Å². The molecule has 0 bridgehead atoms. The van der Waals surface area contributed by atoms with Crippen LogP contribution in [-0.2, 0) is 15.6 Å². The number of hydrogen-bond acceptors (Lipinski definition) is 5. The summed E-state index contributed by atoms with van der Waals surface area (Å²) in [6.07, 6.45) is 3.44. The van der Waals surface area contributed by atoms with E-state index in [0.29, 0.717) is 10.7 Å². The Morgan fingerprint density at radius 1 is 1.16 bits per heavy atom. The molecule has 2 rings (SSSR count). The van der Waals surface area contributed by atoms with Gasteiger partial charge in [-0.3, -0.25) is 10.1 Å². The normalized spacial score (nSPS) is 18.5. The van der Waals surface area contributed by atoms with Gasteiger partial charge in [-0.25, -0.2) is 0 Å². The smallest absolute Gasteiger partial charge is 0.264 e. The molecule has 1 aromatic rings. The maximum absolute atomic E-state index is 12.1. The van der Waals surface area contributed by atoms with Crippen LogP contribution in [0.1, 0.15) is 58.2 Å². The maximum atomic E-state index is 12.1. The third kappa shape index (κ3) is 4.23. The number of benzene rings is 1. The van der Waals surface area contributed by atoms with Crippen LogP contribution >= 0.6 is 11.8 Å². The average molecular weight is 357 g/mol. The van der Waals surface area contributed by atoms with E-state index in [1.807, 2.05) is 53.7 Å². The van der Waals surface area contributed by atoms with Gasteiger partial charge in [-0.2, -0.15) is 5.26 Å². The van der Waals surface area contributed by atoms with Gasteiger partial charge >= 0.3 is 0 Å². The first-order valence-corrected chi connectivity index (χ1v) is 8.81. The molecule has 0 unspecified atom stereocenters. The van der Waals surface area contributed by atoms with Gasteiger partial charge < -0.3 is 5.11 Å². The number of nitrogens with one attached hydrogen (secondary N) is 1. The van der Waals surface area contributed by atoms with Gasteiger partial charge in [0.2, 0.25) is 6.19 Å². The summed E-state index contributed by atoms with van der Waals surface area (Å²) in [5.74, 6) is 0.0269. The summed E-state index contributed by atoms with van der Waals surface area (Å²) in [4.78, 5) is 16.1. The van der Waals surface area contributed by atoms with E-state index in [-0.39, 0.29) is 21.9 Å². The van der Waals surface area contributed by atoms with E-state index in [9.17, 15) is 9.90 Å². The molecule has 0 spiro atoms. The van der Waals surface area contributed by atoms with Gasteiger partial charge in [-0.05, 0) is 46.4 Å². The van der Waals surface area contributed by atoms with E-state index in [2.05, 4.69) is 10.3 Å². The second-order valence-corrected chi connectivity index (χ2v) is 9.08. The molecule has 25 heavy (non-hydrogen) atoms. The largest absolute Gasteiger partial charge is 0.507 e. The molecule has 1 aliphatic heterocycles. The number of nitriles is 1. The van der Waals surface area contributed by atoms with Crippen LogP contribution in [0.25, 0.3) is 6.08 Å². The lowest BCUT2D eigenvalue weighted by Crippen LogP contribution is -2.19. The molecule has 0 radical (unpaired) electrons. The molecular weight excluding hydrogens is 334 g/mol. The summed E-state index contributed by atoms with van der Waals surface area (Å²) in [6, 6.07) is 3.82. The number of carbonyl (C=O) groups excluding carboxylic acids is 1. The van der Waals surface area contributed by atoms with Crippen LogP contribution in [0, 0.1) is 11.5 Å². The number of hydrogen-bond donors (Lipinski definition) is 2. The number of phenolic OH excluding ortho intramolecular Hbond substituents is 1. The van der Waals surface area contributed by atoms with Gasteiger partial charge in [0.05, 0.1) is 4.91 Å². The van der Waals surface area contributed by atoms with E-state index >= 15 is 0 Å². The van der Waals surface area contributed by atoms with Gasteiger partial charge in [0.15, 0.2) is 5.17 Å². The Kier molecular flexibility index (Phi) is 5.01. The molecule has 6 heteroatoms. The minimum absolute atomic E-state index is 0.239. The first-order valence-electron chi connectivity index (χ1n) is 7.99. The molecule has 5 nitrogen and oxygen atoms in total. The summed E-state index contributed by atoms with van der Waals surface area (Å²) in [6.45, 7) is 12.3. The first-order chi connectivity index (χ1) is 11.4. The zero-order valence-corrected chi connectivity index (χ0v) is 16.2. The number of rotatable bonds is 1. The minimum Gasteiger partial charge on any atom is -0.507 e. The average Bonchev–Trinajstić information content (AvgIpc) is 2.78.